The maximum atomic E-state index is 11.8. The Hall–Kier alpha value is -1.65. The van der Waals surface area contributed by atoms with Crippen molar-refractivity contribution in [2.24, 2.45) is 5.92 Å². The molecule has 0 atom stereocenters. The molecule has 1 aliphatic rings. The van der Waals surface area contributed by atoms with E-state index in [0.29, 0.717) is 24.2 Å². The molecule has 0 unspecified atom stereocenters. The Kier molecular flexibility index (Phi) is 3.26. The van der Waals surface area contributed by atoms with Crippen LogP contribution in [0.4, 0.5) is 0 Å². The Morgan fingerprint density at radius 3 is 2.82 bits per heavy atom. The van der Waals surface area contributed by atoms with E-state index < -0.39 is 0 Å². The Balaban J connectivity index is 2.16. The van der Waals surface area contributed by atoms with Crippen LogP contribution in [0, 0.1) is 5.92 Å². The van der Waals surface area contributed by atoms with Gasteiger partial charge >= 0.3 is 0 Å². The second kappa shape index (κ2) is 4.69. The average molecular weight is 235 g/mol. The summed E-state index contributed by atoms with van der Waals surface area (Å²) in [4.78, 5) is 23.3. The fourth-order valence-corrected chi connectivity index (χ4v) is 1.53. The molecule has 1 aromatic heterocycles. The van der Waals surface area contributed by atoms with Gasteiger partial charge in [-0.1, -0.05) is 13.8 Å². The van der Waals surface area contributed by atoms with Crippen LogP contribution in [0.25, 0.3) is 0 Å². The molecule has 5 nitrogen and oxygen atoms in total. The van der Waals surface area contributed by atoms with Crippen molar-refractivity contribution >= 4 is 5.91 Å². The van der Waals surface area contributed by atoms with Gasteiger partial charge in [0, 0.05) is 18.7 Å². The van der Waals surface area contributed by atoms with Gasteiger partial charge in [-0.25, -0.2) is 4.68 Å². The summed E-state index contributed by atoms with van der Waals surface area (Å²) in [6.45, 7) is 4.54. The molecule has 2 rings (SSSR count). The van der Waals surface area contributed by atoms with Crippen molar-refractivity contribution < 1.29 is 4.79 Å². The highest BCUT2D eigenvalue weighted by Crippen LogP contribution is 2.18. The number of nitrogens with one attached hydrogen (secondary N) is 1. The number of rotatable bonds is 4. The summed E-state index contributed by atoms with van der Waals surface area (Å²) in [5.41, 5.74) is 0.152. The second-order valence-corrected chi connectivity index (χ2v) is 4.88. The summed E-state index contributed by atoms with van der Waals surface area (Å²) >= 11 is 0. The van der Waals surface area contributed by atoms with Gasteiger partial charge in [0.05, 0.1) is 0 Å². The Labute approximate surface area is 99.8 Å². The molecular formula is C12H17N3O2. The van der Waals surface area contributed by atoms with Gasteiger partial charge in [0.1, 0.15) is 5.69 Å². The van der Waals surface area contributed by atoms with E-state index in [2.05, 4.69) is 10.4 Å². The predicted molar refractivity (Wildman–Crippen MR) is 63.8 cm³/mol. The topological polar surface area (TPSA) is 64.0 Å². The largest absolute Gasteiger partial charge is 0.348 e. The third-order valence-electron chi connectivity index (χ3n) is 2.55. The third-order valence-corrected chi connectivity index (χ3v) is 2.55. The quantitative estimate of drug-likeness (QED) is 0.839. The SMILES string of the molecule is CC(C)Cn1nc(C(=O)NC2CC2)ccc1=O. The number of aromatic nitrogens is 2. The fourth-order valence-electron chi connectivity index (χ4n) is 1.53. The number of nitrogens with zero attached hydrogens (tertiary/aromatic N) is 2. The minimum Gasteiger partial charge on any atom is -0.348 e. The molecule has 1 N–H and O–H groups in total. The lowest BCUT2D eigenvalue weighted by atomic mass is 10.2. The van der Waals surface area contributed by atoms with Crippen molar-refractivity contribution in [2.45, 2.75) is 39.3 Å². The highest BCUT2D eigenvalue weighted by atomic mass is 16.2. The first-order chi connectivity index (χ1) is 8.06. The van der Waals surface area contributed by atoms with Crippen molar-refractivity contribution in [3.05, 3.63) is 28.2 Å². The van der Waals surface area contributed by atoms with E-state index in [9.17, 15) is 9.59 Å². The van der Waals surface area contributed by atoms with Gasteiger partial charge < -0.3 is 5.32 Å². The summed E-state index contributed by atoms with van der Waals surface area (Å²) in [7, 11) is 0. The Bertz CT molecular complexity index is 475. The summed E-state index contributed by atoms with van der Waals surface area (Å²) in [5.74, 6) is 0.131. The van der Waals surface area contributed by atoms with Crippen LogP contribution in [0.2, 0.25) is 0 Å². The van der Waals surface area contributed by atoms with E-state index >= 15 is 0 Å². The van der Waals surface area contributed by atoms with Crippen molar-refractivity contribution in [1.82, 2.24) is 15.1 Å². The molecule has 17 heavy (non-hydrogen) atoms. The van der Waals surface area contributed by atoms with Gasteiger partial charge in [0.25, 0.3) is 11.5 Å². The summed E-state index contributed by atoms with van der Waals surface area (Å²) < 4.78 is 1.35. The number of amides is 1. The zero-order chi connectivity index (χ0) is 12.4. The van der Waals surface area contributed by atoms with E-state index in [0.717, 1.165) is 12.8 Å². The molecular weight excluding hydrogens is 218 g/mol. The average Bonchev–Trinajstić information content (AvgIpc) is 3.04. The van der Waals surface area contributed by atoms with E-state index in [1.165, 1.54) is 16.8 Å². The fraction of sp³-hybridized carbons (Fsp3) is 0.583. The predicted octanol–water partition coefficient (Wildman–Crippen LogP) is 0.792. The minimum absolute atomic E-state index is 0.165. The highest BCUT2D eigenvalue weighted by Gasteiger charge is 2.24. The molecule has 0 saturated heterocycles. The number of hydrogen-bond acceptors (Lipinski definition) is 3. The first-order valence-electron chi connectivity index (χ1n) is 5.95. The monoisotopic (exact) mass is 235 g/mol. The molecule has 0 radical (unpaired) electrons. The molecule has 0 bridgehead atoms. The van der Waals surface area contributed by atoms with Crippen LogP contribution >= 0.6 is 0 Å². The van der Waals surface area contributed by atoms with Crippen LogP contribution in [0.5, 0.6) is 0 Å². The van der Waals surface area contributed by atoms with Crippen LogP contribution in [-0.4, -0.2) is 21.7 Å². The number of carbonyl (C=O) groups excluding carboxylic acids is 1. The van der Waals surface area contributed by atoms with Crippen molar-refractivity contribution in [3.63, 3.8) is 0 Å². The molecule has 1 amide bonds. The maximum Gasteiger partial charge on any atom is 0.271 e. The molecule has 0 aromatic carbocycles. The van der Waals surface area contributed by atoms with Gasteiger partial charge in [-0.05, 0) is 24.8 Å². The molecule has 1 aliphatic carbocycles. The van der Waals surface area contributed by atoms with E-state index in [-0.39, 0.29) is 11.5 Å². The van der Waals surface area contributed by atoms with Gasteiger partial charge in [-0.2, -0.15) is 5.10 Å². The Morgan fingerprint density at radius 2 is 2.24 bits per heavy atom. The van der Waals surface area contributed by atoms with Crippen LogP contribution in [0.1, 0.15) is 37.2 Å². The van der Waals surface area contributed by atoms with Gasteiger partial charge in [-0.3, -0.25) is 9.59 Å². The molecule has 1 saturated carbocycles. The lowest BCUT2D eigenvalue weighted by molar-refractivity contribution is 0.0943. The summed E-state index contributed by atoms with van der Waals surface area (Å²) in [5, 5.41) is 6.94. The summed E-state index contributed by atoms with van der Waals surface area (Å²) in [6.07, 6.45) is 2.08. The molecule has 5 heteroatoms. The van der Waals surface area contributed by atoms with Crippen molar-refractivity contribution in [1.29, 1.82) is 0 Å². The lowest BCUT2D eigenvalue weighted by Gasteiger charge is -2.09. The maximum absolute atomic E-state index is 11.8. The minimum atomic E-state index is -0.190. The summed E-state index contributed by atoms with van der Waals surface area (Å²) in [6, 6.07) is 3.18. The van der Waals surface area contributed by atoms with Crippen molar-refractivity contribution in [2.75, 3.05) is 0 Å². The van der Waals surface area contributed by atoms with E-state index in [4.69, 9.17) is 0 Å². The van der Waals surface area contributed by atoms with Crippen LogP contribution in [-0.2, 0) is 6.54 Å². The highest BCUT2D eigenvalue weighted by molar-refractivity contribution is 5.92. The molecule has 1 aromatic rings. The number of hydrogen-bond donors (Lipinski definition) is 1. The second-order valence-electron chi connectivity index (χ2n) is 4.88. The van der Waals surface area contributed by atoms with Gasteiger partial charge in [0.2, 0.25) is 0 Å². The smallest absolute Gasteiger partial charge is 0.271 e. The van der Waals surface area contributed by atoms with Crippen LogP contribution in [0.3, 0.4) is 0 Å². The van der Waals surface area contributed by atoms with Gasteiger partial charge in [-0.15, -0.1) is 0 Å². The first-order valence-corrected chi connectivity index (χ1v) is 5.95. The van der Waals surface area contributed by atoms with Crippen molar-refractivity contribution in [3.8, 4) is 0 Å². The van der Waals surface area contributed by atoms with E-state index in [1.54, 1.807) is 0 Å². The van der Waals surface area contributed by atoms with E-state index in [1.807, 2.05) is 13.8 Å². The third kappa shape index (κ3) is 3.15. The molecule has 0 spiro atoms. The molecule has 1 heterocycles. The Morgan fingerprint density at radius 1 is 1.53 bits per heavy atom. The standard InChI is InChI=1S/C12H17N3O2/c1-8(2)7-15-11(16)6-5-10(14-15)12(17)13-9-3-4-9/h5-6,8-9H,3-4,7H2,1-2H3,(H,13,17). The lowest BCUT2D eigenvalue weighted by Crippen LogP contribution is -2.31. The number of carbonyl (C=O) groups is 1. The zero-order valence-corrected chi connectivity index (χ0v) is 10.1. The molecule has 92 valence electrons. The van der Waals surface area contributed by atoms with Crippen LogP contribution < -0.4 is 10.9 Å². The first kappa shape index (κ1) is 11.8. The normalized spacial score (nSPS) is 15.0. The zero-order valence-electron chi connectivity index (χ0n) is 10.1. The molecule has 1 fully saturated rings. The van der Waals surface area contributed by atoms with Gasteiger partial charge in [0.15, 0.2) is 0 Å². The van der Waals surface area contributed by atoms with Crippen LogP contribution in [0.15, 0.2) is 16.9 Å². The molecule has 0 aliphatic heterocycles.